The second-order valence-electron chi connectivity index (χ2n) is 8.28. The largest absolute Gasteiger partial charge is 0.459 e. The van der Waals surface area contributed by atoms with Crippen LogP contribution in [-0.2, 0) is 14.1 Å². The van der Waals surface area contributed by atoms with Crippen LogP contribution in [0.5, 0.6) is 0 Å². The molecule has 0 saturated heterocycles. The van der Waals surface area contributed by atoms with E-state index in [9.17, 15) is 14.2 Å². The van der Waals surface area contributed by atoms with E-state index in [1.807, 2.05) is 32.9 Å². The van der Waals surface area contributed by atoms with Crippen molar-refractivity contribution in [3.63, 3.8) is 0 Å². The average molecular weight is 400 g/mol. The zero-order chi connectivity index (χ0) is 21.3. The third-order valence-corrected chi connectivity index (χ3v) is 7.82. The van der Waals surface area contributed by atoms with Crippen LogP contribution in [0.1, 0.15) is 54.7 Å². The summed E-state index contributed by atoms with van der Waals surface area (Å²) < 4.78 is 19.8. The lowest BCUT2D eigenvalue weighted by Gasteiger charge is -2.27. The highest BCUT2D eigenvalue weighted by atomic mass is 31.2. The van der Waals surface area contributed by atoms with Crippen LogP contribution in [-0.4, -0.2) is 22.8 Å². The standard InChI is InChI=1S/C23H29O4P/c1-15-13-16(2)20(17(3)14-15)22(25)28(26,19-11-9-8-10-12-19)18(4)21(24)27-23(5,6)7/h8-14,18H,1-7H3. The van der Waals surface area contributed by atoms with Crippen molar-refractivity contribution in [1.82, 2.24) is 0 Å². The summed E-state index contributed by atoms with van der Waals surface area (Å²) in [5, 5.41) is 0.373. The first-order valence-electron chi connectivity index (χ1n) is 9.39. The number of hydrogen-bond donors (Lipinski definition) is 0. The number of carbonyl (C=O) groups is 2. The van der Waals surface area contributed by atoms with E-state index in [2.05, 4.69) is 0 Å². The molecule has 2 rings (SSSR count). The minimum Gasteiger partial charge on any atom is -0.459 e. The summed E-state index contributed by atoms with van der Waals surface area (Å²) in [6.07, 6.45) is 0. The van der Waals surface area contributed by atoms with Gasteiger partial charge in [-0.15, -0.1) is 0 Å². The molecule has 2 aromatic carbocycles. The Hall–Kier alpha value is -2.19. The molecule has 0 bridgehead atoms. The number of rotatable bonds is 5. The molecule has 0 aliphatic rings. The van der Waals surface area contributed by atoms with Crippen molar-refractivity contribution in [2.24, 2.45) is 0 Å². The molecule has 28 heavy (non-hydrogen) atoms. The third-order valence-electron chi connectivity index (χ3n) is 4.63. The molecule has 5 heteroatoms. The molecule has 0 heterocycles. The molecule has 0 fully saturated rings. The second kappa shape index (κ2) is 8.05. The van der Waals surface area contributed by atoms with Crippen molar-refractivity contribution in [3.05, 3.63) is 64.7 Å². The lowest BCUT2D eigenvalue weighted by molar-refractivity contribution is -0.153. The molecule has 0 radical (unpaired) electrons. The molecule has 0 aromatic heterocycles. The minimum atomic E-state index is -3.80. The van der Waals surface area contributed by atoms with Gasteiger partial charge in [0, 0.05) is 10.9 Å². The van der Waals surface area contributed by atoms with Gasteiger partial charge in [0.25, 0.3) is 0 Å². The van der Waals surface area contributed by atoms with Crippen LogP contribution in [0.25, 0.3) is 0 Å². The monoisotopic (exact) mass is 400 g/mol. The fourth-order valence-electron chi connectivity index (χ4n) is 3.39. The SMILES string of the molecule is Cc1cc(C)c(C(=O)P(=O)(c2ccccc2)C(C)C(=O)OC(C)(C)C)c(C)c1. The van der Waals surface area contributed by atoms with E-state index in [4.69, 9.17) is 4.74 Å². The summed E-state index contributed by atoms with van der Waals surface area (Å²) >= 11 is 0. The Morgan fingerprint density at radius 1 is 0.964 bits per heavy atom. The first-order valence-corrected chi connectivity index (χ1v) is 11.2. The Kier molecular flexibility index (Phi) is 6.35. The predicted octanol–water partition coefficient (Wildman–Crippen LogP) is 5.17. The topological polar surface area (TPSA) is 60.4 Å². The summed E-state index contributed by atoms with van der Waals surface area (Å²) in [5.41, 5.74) is 0.666. The molecule has 0 aliphatic carbocycles. The van der Waals surface area contributed by atoms with Gasteiger partial charge >= 0.3 is 5.97 Å². The Bertz CT molecular complexity index is 916. The molecular formula is C23H29O4P. The van der Waals surface area contributed by atoms with Crippen LogP contribution in [0.4, 0.5) is 0 Å². The van der Waals surface area contributed by atoms with Gasteiger partial charge in [0.15, 0.2) is 7.14 Å². The highest BCUT2D eigenvalue weighted by molar-refractivity contribution is 7.88. The molecule has 2 unspecified atom stereocenters. The van der Waals surface area contributed by atoms with Crippen molar-refractivity contribution >= 4 is 23.9 Å². The number of esters is 1. The molecule has 0 saturated carbocycles. The first kappa shape index (κ1) is 22.1. The van der Waals surface area contributed by atoms with E-state index in [1.54, 1.807) is 51.1 Å². The Labute approximate surface area is 167 Å². The van der Waals surface area contributed by atoms with Crippen molar-refractivity contribution in [1.29, 1.82) is 0 Å². The summed E-state index contributed by atoms with van der Waals surface area (Å²) in [6, 6.07) is 12.3. The van der Waals surface area contributed by atoms with Gasteiger partial charge in [0.2, 0.25) is 5.52 Å². The fraction of sp³-hybridized carbons (Fsp3) is 0.391. The van der Waals surface area contributed by atoms with Gasteiger partial charge in [0.05, 0.1) is 0 Å². The summed E-state index contributed by atoms with van der Waals surface area (Å²) in [5.74, 6) is -0.629. The van der Waals surface area contributed by atoms with Crippen LogP contribution in [0.2, 0.25) is 0 Å². The van der Waals surface area contributed by atoms with Crippen LogP contribution < -0.4 is 5.30 Å². The third kappa shape index (κ3) is 4.44. The van der Waals surface area contributed by atoms with Gasteiger partial charge in [-0.3, -0.25) is 9.59 Å². The molecule has 0 N–H and O–H groups in total. The normalized spacial score (nSPS) is 14.8. The van der Waals surface area contributed by atoms with Crippen LogP contribution in [0.15, 0.2) is 42.5 Å². The lowest BCUT2D eigenvalue weighted by atomic mass is 10.0. The number of ether oxygens (including phenoxy) is 1. The van der Waals surface area contributed by atoms with Gasteiger partial charge in [-0.2, -0.15) is 0 Å². The van der Waals surface area contributed by atoms with E-state index in [-0.39, 0.29) is 0 Å². The van der Waals surface area contributed by atoms with Crippen LogP contribution in [0.3, 0.4) is 0 Å². The lowest BCUT2D eigenvalue weighted by Crippen LogP contribution is -2.34. The van der Waals surface area contributed by atoms with Gasteiger partial charge in [0.1, 0.15) is 11.3 Å². The second-order valence-corrected chi connectivity index (χ2v) is 11.3. The van der Waals surface area contributed by atoms with Gasteiger partial charge < -0.3 is 9.30 Å². The number of aryl methyl sites for hydroxylation is 3. The Morgan fingerprint density at radius 2 is 1.46 bits per heavy atom. The van der Waals surface area contributed by atoms with Crippen molar-refractivity contribution in [3.8, 4) is 0 Å². The van der Waals surface area contributed by atoms with E-state index < -0.39 is 29.9 Å². The molecule has 0 aliphatic heterocycles. The maximum atomic E-state index is 14.3. The maximum absolute atomic E-state index is 14.3. The molecule has 2 atom stereocenters. The molecular weight excluding hydrogens is 371 g/mol. The number of benzene rings is 2. The van der Waals surface area contributed by atoms with Gasteiger partial charge in [-0.05, 0) is 59.6 Å². The first-order chi connectivity index (χ1) is 12.9. The van der Waals surface area contributed by atoms with E-state index in [0.29, 0.717) is 10.9 Å². The van der Waals surface area contributed by atoms with Gasteiger partial charge in [-0.25, -0.2) is 0 Å². The van der Waals surface area contributed by atoms with Gasteiger partial charge in [-0.1, -0.05) is 48.0 Å². The maximum Gasteiger partial charge on any atom is 0.317 e. The molecule has 4 nitrogen and oxygen atoms in total. The Balaban J connectivity index is 2.66. The summed E-state index contributed by atoms with van der Waals surface area (Å²) in [4.78, 5) is 26.5. The minimum absolute atomic E-state index is 0.373. The highest BCUT2D eigenvalue weighted by Crippen LogP contribution is 2.53. The van der Waals surface area contributed by atoms with E-state index in [1.165, 1.54) is 6.92 Å². The summed E-state index contributed by atoms with van der Waals surface area (Å²) in [6.45, 7) is 12.4. The Morgan fingerprint density at radius 3 is 1.93 bits per heavy atom. The van der Waals surface area contributed by atoms with E-state index >= 15 is 0 Å². The zero-order valence-corrected chi connectivity index (χ0v) is 18.6. The molecule has 0 amide bonds. The smallest absolute Gasteiger partial charge is 0.317 e. The van der Waals surface area contributed by atoms with Crippen LogP contribution >= 0.6 is 7.14 Å². The molecule has 150 valence electrons. The number of carbonyl (C=O) groups excluding carboxylic acids is 2. The molecule has 0 spiro atoms. The van der Waals surface area contributed by atoms with Crippen LogP contribution in [0, 0.1) is 20.8 Å². The van der Waals surface area contributed by atoms with E-state index in [0.717, 1.165) is 16.7 Å². The average Bonchev–Trinajstić information content (AvgIpc) is 2.58. The van der Waals surface area contributed by atoms with Crippen molar-refractivity contribution < 1.29 is 18.9 Å². The quantitative estimate of drug-likeness (QED) is 0.513. The fourth-order valence-corrected chi connectivity index (χ4v) is 6.07. The number of hydrogen-bond acceptors (Lipinski definition) is 4. The predicted molar refractivity (Wildman–Crippen MR) is 114 cm³/mol. The summed E-state index contributed by atoms with van der Waals surface area (Å²) in [7, 11) is -3.80. The van der Waals surface area contributed by atoms with Crippen molar-refractivity contribution in [2.75, 3.05) is 0 Å². The molecule has 2 aromatic rings. The highest BCUT2D eigenvalue weighted by Gasteiger charge is 2.46. The zero-order valence-electron chi connectivity index (χ0n) is 17.7. The van der Waals surface area contributed by atoms with Crippen molar-refractivity contribution in [2.45, 2.75) is 59.7 Å².